The maximum atomic E-state index is 13.4. The van der Waals surface area contributed by atoms with Crippen LogP contribution in [0.3, 0.4) is 0 Å². The van der Waals surface area contributed by atoms with Gasteiger partial charge in [0.25, 0.3) is 10.0 Å². The first kappa shape index (κ1) is 24.3. The first-order valence-electron chi connectivity index (χ1n) is 10.0. The van der Waals surface area contributed by atoms with E-state index in [1.807, 2.05) is 26.8 Å². The second-order valence-electron chi connectivity index (χ2n) is 7.79. The Morgan fingerprint density at radius 1 is 0.848 bits per heavy atom. The minimum Gasteiger partial charge on any atom is -0.325 e. The summed E-state index contributed by atoms with van der Waals surface area (Å²) in [5, 5.41) is 2.47. The van der Waals surface area contributed by atoms with Crippen molar-refractivity contribution in [2.45, 2.75) is 31.8 Å². The minimum atomic E-state index is -4.50. The molecule has 0 fully saturated rings. The number of hydrogen-bond acceptors (Lipinski definition) is 3. The average molecular weight is 477 g/mol. The number of halogens is 3. The van der Waals surface area contributed by atoms with Crippen molar-refractivity contribution in [3.05, 3.63) is 89.0 Å². The summed E-state index contributed by atoms with van der Waals surface area (Å²) in [5.41, 5.74) is 2.11. The molecule has 3 aromatic carbocycles. The van der Waals surface area contributed by atoms with Crippen LogP contribution in [0.15, 0.2) is 71.6 Å². The molecule has 1 amide bonds. The quantitative estimate of drug-likeness (QED) is 0.514. The zero-order chi connectivity index (χ0) is 24.4. The van der Waals surface area contributed by atoms with E-state index in [0.717, 1.165) is 45.3 Å². The van der Waals surface area contributed by atoms with Crippen LogP contribution in [0.1, 0.15) is 22.3 Å². The number of benzene rings is 3. The van der Waals surface area contributed by atoms with E-state index in [1.54, 1.807) is 24.3 Å². The van der Waals surface area contributed by atoms with Crippen molar-refractivity contribution in [2.24, 2.45) is 0 Å². The molecule has 0 aliphatic heterocycles. The van der Waals surface area contributed by atoms with Gasteiger partial charge in [0.1, 0.15) is 6.54 Å². The van der Waals surface area contributed by atoms with Crippen LogP contribution in [-0.2, 0) is 21.0 Å². The van der Waals surface area contributed by atoms with Crippen molar-refractivity contribution in [1.82, 2.24) is 0 Å². The fourth-order valence-electron chi connectivity index (χ4n) is 3.32. The average Bonchev–Trinajstić information content (AvgIpc) is 2.71. The van der Waals surface area contributed by atoms with Gasteiger partial charge < -0.3 is 5.32 Å². The number of sulfonamides is 1. The Hall–Kier alpha value is -3.33. The third kappa shape index (κ3) is 5.92. The van der Waals surface area contributed by atoms with Gasteiger partial charge >= 0.3 is 6.18 Å². The molecule has 0 atom stereocenters. The van der Waals surface area contributed by atoms with Crippen molar-refractivity contribution in [2.75, 3.05) is 16.2 Å². The molecule has 0 aliphatic rings. The van der Waals surface area contributed by atoms with Gasteiger partial charge in [-0.05, 0) is 80.4 Å². The molecule has 0 radical (unpaired) electrons. The molecule has 174 valence electrons. The third-order valence-electron chi connectivity index (χ3n) is 4.89. The number of aryl methyl sites for hydroxylation is 3. The molecule has 1 N–H and O–H groups in total. The molecule has 0 heterocycles. The van der Waals surface area contributed by atoms with Crippen LogP contribution in [-0.4, -0.2) is 20.9 Å². The number of amides is 1. The topological polar surface area (TPSA) is 66.5 Å². The lowest BCUT2D eigenvalue weighted by molar-refractivity contribution is -0.137. The van der Waals surface area contributed by atoms with E-state index in [9.17, 15) is 26.4 Å². The predicted molar refractivity (Wildman–Crippen MR) is 122 cm³/mol. The van der Waals surface area contributed by atoms with Gasteiger partial charge in [0.15, 0.2) is 0 Å². The van der Waals surface area contributed by atoms with Crippen LogP contribution in [0, 0.1) is 20.8 Å². The highest BCUT2D eigenvalue weighted by Gasteiger charge is 2.30. The molecule has 0 aliphatic carbocycles. The highest BCUT2D eigenvalue weighted by atomic mass is 32.2. The van der Waals surface area contributed by atoms with Gasteiger partial charge in [-0.15, -0.1) is 0 Å². The zero-order valence-corrected chi connectivity index (χ0v) is 19.1. The highest BCUT2D eigenvalue weighted by Crippen LogP contribution is 2.30. The molecule has 9 heteroatoms. The number of rotatable bonds is 6. The molecule has 3 aromatic rings. The Morgan fingerprint density at radius 2 is 1.39 bits per heavy atom. The SMILES string of the molecule is Cc1ccc(S(=O)(=O)N(CC(=O)Nc2ccc(C(F)(F)F)cc2)c2cc(C)cc(C)c2)cc1. The van der Waals surface area contributed by atoms with Crippen LogP contribution < -0.4 is 9.62 Å². The Kier molecular flexibility index (Phi) is 6.83. The number of carbonyl (C=O) groups excluding carboxylic acids is 1. The van der Waals surface area contributed by atoms with Gasteiger partial charge in [0.2, 0.25) is 5.91 Å². The van der Waals surface area contributed by atoms with E-state index >= 15 is 0 Å². The number of hydrogen-bond donors (Lipinski definition) is 1. The molecule has 0 saturated heterocycles. The second-order valence-corrected chi connectivity index (χ2v) is 9.66. The Morgan fingerprint density at radius 3 is 1.91 bits per heavy atom. The molecule has 3 rings (SSSR count). The largest absolute Gasteiger partial charge is 0.416 e. The van der Waals surface area contributed by atoms with E-state index in [-0.39, 0.29) is 10.6 Å². The summed E-state index contributed by atoms with van der Waals surface area (Å²) in [4.78, 5) is 12.8. The molecule has 33 heavy (non-hydrogen) atoms. The number of carbonyl (C=O) groups is 1. The van der Waals surface area contributed by atoms with Crippen molar-refractivity contribution in [3.63, 3.8) is 0 Å². The van der Waals surface area contributed by atoms with Gasteiger partial charge in [-0.3, -0.25) is 9.10 Å². The summed E-state index contributed by atoms with van der Waals surface area (Å²) in [6.07, 6.45) is -4.50. The van der Waals surface area contributed by atoms with E-state index < -0.39 is 34.2 Å². The first-order valence-corrected chi connectivity index (χ1v) is 11.4. The normalized spacial score (nSPS) is 11.8. The molecular weight excluding hydrogens is 453 g/mol. The van der Waals surface area contributed by atoms with Crippen LogP contribution in [0.4, 0.5) is 24.5 Å². The fourth-order valence-corrected chi connectivity index (χ4v) is 4.73. The van der Waals surface area contributed by atoms with E-state index in [4.69, 9.17) is 0 Å². The molecule has 5 nitrogen and oxygen atoms in total. The number of nitrogens with zero attached hydrogens (tertiary/aromatic N) is 1. The van der Waals surface area contributed by atoms with Crippen molar-refractivity contribution >= 4 is 27.3 Å². The van der Waals surface area contributed by atoms with Crippen LogP contribution in [0.2, 0.25) is 0 Å². The van der Waals surface area contributed by atoms with Gasteiger partial charge in [-0.1, -0.05) is 23.8 Å². The monoisotopic (exact) mass is 476 g/mol. The summed E-state index contributed by atoms with van der Waals surface area (Å²) in [5.74, 6) is -0.690. The first-order chi connectivity index (χ1) is 15.4. The summed E-state index contributed by atoms with van der Waals surface area (Å²) < 4.78 is 66.1. The number of nitrogens with one attached hydrogen (secondary N) is 1. The smallest absolute Gasteiger partial charge is 0.325 e. The molecular formula is C24H23F3N2O3S. The lowest BCUT2D eigenvalue weighted by atomic mass is 10.1. The van der Waals surface area contributed by atoms with E-state index in [1.165, 1.54) is 12.1 Å². The van der Waals surface area contributed by atoms with Gasteiger partial charge in [0.05, 0.1) is 16.1 Å². The third-order valence-corrected chi connectivity index (χ3v) is 6.67. The summed E-state index contributed by atoms with van der Waals surface area (Å²) in [6, 6.07) is 15.4. The lowest BCUT2D eigenvalue weighted by Crippen LogP contribution is -2.38. The maximum Gasteiger partial charge on any atom is 0.416 e. The van der Waals surface area contributed by atoms with Crippen LogP contribution in [0.25, 0.3) is 0 Å². The van der Waals surface area contributed by atoms with E-state index in [0.29, 0.717) is 5.69 Å². The van der Waals surface area contributed by atoms with Gasteiger partial charge in [0, 0.05) is 5.69 Å². The van der Waals surface area contributed by atoms with Crippen LogP contribution >= 0.6 is 0 Å². The molecule has 0 spiro atoms. The fraction of sp³-hybridized carbons (Fsp3) is 0.208. The summed E-state index contributed by atoms with van der Waals surface area (Å²) in [7, 11) is -4.09. The molecule has 0 bridgehead atoms. The summed E-state index contributed by atoms with van der Waals surface area (Å²) in [6.45, 7) is 4.90. The lowest BCUT2D eigenvalue weighted by Gasteiger charge is -2.25. The van der Waals surface area contributed by atoms with Gasteiger partial charge in [-0.25, -0.2) is 8.42 Å². The Labute approximate surface area is 190 Å². The van der Waals surface area contributed by atoms with Crippen molar-refractivity contribution < 1.29 is 26.4 Å². The molecule has 0 unspecified atom stereocenters. The molecule has 0 aromatic heterocycles. The number of anilines is 2. The zero-order valence-electron chi connectivity index (χ0n) is 18.3. The Balaban J connectivity index is 1.92. The summed E-state index contributed by atoms with van der Waals surface area (Å²) >= 11 is 0. The highest BCUT2D eigenvalue weighted by molar-refractivity contribution is 7.92. The standard InChI is InChI=1S/C24H23F3N2O3S/c1-16-4-10-22(11-5-16)33(31,32)29(21-13-17(2)12-18(3)14-21)15-23(30)28-20-8-6-19(7-9-20)24(25,26)27/h4-14H,15H2,1-3H3,(H,28,30). The predicted octanol–water partition coefficient (Wildman–Crippen LogP) is 5.46. The maximum absolute atomic E-state index is 13.4. The second kappa shape index (κ2) is 9.27. The van der Waals surface area contributed by atoms with Crippen LogP contribution in [0.5, 0.6) is 0 Å². The van der Waals surface area contributed by atoms with Gasteiger partial charge in [-0.2, -0.15) is 13.2 Å². The van der Waals surface area contributed by atoms with Crippen molar-refractivity contribution in [3.8, 4) is 0 Å². The van der Waals surface area contributed by atoms with E-state index in [2.05, 4.69) is 5.32 Å². The Bertz CT molecular complexity index is 1230. The minimum absolute atomic E-state index is 0.0228. The molecule has 0 saturated carbocycles. The number of alkyl halides is 3. The van der Waals surface area contributed by atoms with Crippen molar-refractivity contribution in [1.29, 1.82) is 0 Å².